The smallest absolute Gasteiger partial charge is 0.251 e. The van der Waals surface area contributed by atoms with Gasteiger partial charge in [-0.15, -0.1) is 0 Å². The van der Waals surface area contributed by atoms with Crippen LogP contribution in [0.4, 0.5) is 5.82 Å². The number of aromatic nitrogens is 1. The van der Waals surface area contributed by atoms with Crippen molar-refractivity contribution in [1.82, 2.24) is 15.2 Å². The van der Waals surface area contributed by atoms with Crippen LogP contribution < -0.4 is 10.6 Å². The molecule has 2 N–H and O–H groups in total. The number of hydrogen-bond acceptors (Lipinski definition) is 5. The van der Waals surface area contributed by atoms with E-state index in [9.17, 15) is 9.59 Å². The maximum absolute atomic E-state index is 12.6. The zero-order chi connectivity index (χ0) is 19.5. The Labute approximate surface area is 169 Å². The average Bonchev–Trinajstić information content (AvgIpc) is 2.69. The number of pyridine rings is 1. The van der Waals surface area contributed by atoms with E-state index in [4.69, 9.17) is 0 Å². The molecule has 2 bridgehead atoms. The number of carbonyl (C=O) groups excluding carboxylic acids is 2. The normalized spacial score (nSPS) is 23.2. The van der Waals surface area contributed by atoms with Gasteiger partial charge < -0.3 is 15.5 Å². The first-order chi connectivity index (χ1) is 13.6. The van der Waals surface area contributed by atoms with Gasteiger partial charge in [0, 0.05) is 41.1 Å². The van der Waals surface area contributed by atoms with E-state index in [1.807, 2.05) is 36.4 Å². The number of carbonyl (C=O) groups is 2. The number of hydrogen-bond donors (Lipinski definition) is 2. The van der Waals surface area contributed by atoms with Crippen LogP contribution in [-0.2, 0) is 4.79 Å². The van der Waals surface area contributed by atoms with Gasteiger partial charge in [-0.05, 0) is 68.2 Å². The van der Waals surface area contributed by atoms with Crippen molar-refractivity contribution in [3.63, 3.8) is 0 Å². The lowest BCUT2D eigenvalue weighted by Crippen LogP contribution is -2.57. The summed E-state index contributed by atoms with van der Waals surface area (Å²) in [5, 5.41) is 5.91. The highest BCUT2D eigenvalue weighted by Gasteiger charge is 2.34. The molecular weight excluding hydrogens is 372 g/mol. The topological polar surface area (TPSA) is 74.3 Å². The minimum absolute atomic E-state index is 0.00663. The van der Waals surface area contributed by atoms with Gasteiger partial charge in [-0.3, -0.25) is 9.59 Å². The van der Waals surface area contributed by atoms with E-state index in [0.29, 0.717) is 17.3 Å². The van der Waals surface area contributed by atoms with Crippen molar-refractivity contribution in [3.8, 4) is 0 Å². The quantitative estimate of drug-likeness (QED) is 0.813. The summed E-state index contributed by atoms with van der Waals surface area (Å²) in [7, 11) is 0. The number of amides is 2. The fourth-order valence-electron chi connectivity index (χ4n) is 3.91. The molecule has 7 heteroatoms. The third-order valence-electron chi connectivity index (χ3n) is 5.36. The van der Waals surface area contributed by atoms with E-state index >= 15 is 0 Å². The molecule has 1 atom stereocenters. The van der Waals surface area contributed by atoms with Crippen molar-refractivity contribution in [2.45, 2.75) is 35.6 Å². The van der Waals surface area contributed by atoms with Crippen LogP contribution in [-0.4, -0.2) is 47.4 Å². The van der Waals surface area contributed by atoms with Crippen LogP contribution in [0.1, 0.15) is 30.1 Å². The highest BCUT2D eigenvalue weighted by atomic mass is 32.2. The number of nitrogens with one attached hydrogen (secondary N) is 2. The van der Waals surface area contributed by atoms with E-state index in [1.54, 1.807) is 18.0 Å². The molecule has 28 heavy (non-hydrogen) atoms. The highest BCUT2D eigenvalue weighted by Crippen LogP contribution is 2.30. The van der Waals surface area contributed by atoms with E-state index in [-0.39, 0.29) is 17.9 Å². The number of rotatable bonds is 5. The number of nitrogens with zero attached hydrogens (tertiary/aromatic N) is 2. The van der Waals surface area contributed by atoms with Gasteiger partial charge in [0.25, 0.3) is 5.91 Å². The van der Waals surface area contributed by atoms with E-state index in [0.717, 1.165) is 16.3 Å². The van der Waals surface area contributed by atoms with E-state index < -0.39 is 0 Å². The summed E-state index contributed by atoms with van der Waals surface area (Å²) in [6.07, 6.45) is 4.04. The molecule has 0 saturated carbocycles. The second-order valence-corrected chi connectivity index (χ2v) is 8.55. The Morgan fingerprint density at radius 2 is 1.86 bits per heavy atom. The highest BCUT2D eigenvalue weighted by molar-refractivity contribution is 7.99. The van der Waals surface area contributed by atoms with Crippen LogP contribution in [0.3, 0.4) is 0 Å². The molecule has 1 unspecified atom stereocenters. The molecule has 5 rings (SSSR count). The average molecular weight is 397 g/mol. The molecule has 1 aromatic heterocycles. The van der Waals surface area contributed by atoms with Crippen LogP contribution in [0.5, 0.6) is 0 Å². The standard InChI is InChI=1S/C21H24N4O2S/c1-14(26)23-20-12-18(6-9-22-20)28-17-4-2-16(3-5-17)21(27)24-19-13-25-10-7-15(19)8-11-25/h2-6,9,12,15,19H,7-8,10-11,13H2,1H3,(H,24,27)(H,22,23,26). The van der Waals surface area contributed by atoms with Crippen molar-refractivity contribution in [2.24, 2.45) is 5.92 Å². The van der Waals surface area contributed by atoms with Crippen LogP contribution in [0.2, 0.25) is 0 Å². The SMILES string of the molecule is CC(=O)Nc1cc(Sc2ccc(C(=O)NC3CN4CCC3CC4)cc2)ccn1. The third-order valence-corrected chi connectivity index (χ3v) is 6.36. The number of benzene rings is 1. The molecule has 146 valence electrons. The van der Waals surface area contributed by atoms with Crippen molar-refractivity contribution in [1.29, 1.82) is 0 Å². The first-order valence-electron chi connectivity index (χ1n) is 9.61. The van der Waals surface area contributed by atoms with Crippen molar-refractivity contribution in [3.05, 3.63) is 48.2 Å². The largest absolute Gasteiger partial charge is 0.348 e. The predicted molar refractivity (Wildman–Crippen MR) is 110 cm³/mol. The Balaban J connectivity index is 1.37. The molecule has 2 amide bonds. The molecule has 2 aromatic rings. The minimum Gasteiger partial charge on any atom is -0.348 e. The molecule has 0 spiro atoms. The summed E-state index contributed by atoms with van der Waals surface area (Å²) < 4.78 is 0. The van der Waals surface area contributed by atoms with Gasteiger partial charge in [-0.25, -0.2) is 4.98 Å². The Morgan fingerprint density at radius 1 is 1.11 bits per heavy atom. The van der Waals surface area contributed by atoms with Crippen LogP contribution in [0.25, 0.3) is 0 Å². The summed E-state index contributed by atoms with van der Waals surface area (Å²) in [6.45, 7) is 4.77. The monoisotopic (exact) mass is 396 g/mol. The molecule has 3 aliphatic heterocycles. The maximum atomic E-state index is 12.6. The molecule has 0 aliphatic carbocycles. The summed E-state index contributed by atoms with van der Waals surface area (Å²) in [5.74, 6) is 1.01. The third kappa shape index (κ3) is 4.54. The summed E-state index contributed by atoms with van der Waals surface area (Å²) in [6, 6.07) is 11.6. The van der Waals surface area contributed by atoms with Crippen LogP contribution in [0.15, 0.2) is 52.4 Å². The molecular formula is C21H24N4O2S. The second kappa shape index (κ2) is 8.32. The molecule has 3 aliphatic rings. The summed E-state index contributed by atoms with van der Waals surface area (Å²) >= 11 is 1.57. The van der Waals surface area contributed by atoms with Crippen LogP contribution >= 0.6 is 11.8 Å². The molecule has 4 heterocycles. The van der Waals surface area contributed by atoms with Crippen molar-refractivity contribution >= 4 is 29.4 Å². The summed E-state index contributed by atoms with van der Waals surface area (Å²) in [5.41, 5.74) is 0.689. The molecule has 3 saturated heterocycles. The van der Waals surface area contributed by atoms with Crippen molar-refractivity contribution in [2.75, 3.05) is 25.0 Å². The van der Waals surface area contributed by atoms with Gasteiger partial charge in [0.2, 0.25) is 5.91 Å². The van der Waals surface area contributed by atoms with E-state index in [2.05, 4.69) is 20.5 Å². The Bertz CT molecular complexity index is 863. The minimum atomic E-state index is -0.145. The number of fused-ring (bicyclic) bond motifs is 3. The van der Waals surface area contributed by atoms with Gasteiger partial charge in [-0.2, -0.15) is 0 Å². The Morgan fingerprint density at radius 3 is 2.50 bits per heavy atom. The van der Waals surface area contributed by atoms with E-state index in [1.165, 1.54) is 32.9 Å². The van der Waals surface area contributed by atoms with Gasteiger partial charge in [0.1, 0.15) is 5.82 Å². The number of piperidine rings is 3. The molecule has 6 nitrogen and oxygen atoms in total. The van der Waals surface area contributed by atoms with Crippen molar-refractivity contribution < 1.29 is 9.59 Å². The molecule has 1 aromatic carbocycles. The zero-order valence-corrected chi connectivity index (χ0v) is 16.7. The van der Waals surface area contributed by atoms with Gasteiger partial charge in [0.15, 0.2) is 0 Å². The lowest BCUT2D eigenvalue weighted by atomic mass is 9.84. The maximum Gasteiger partial charge on any atom is 0.251 e. The Kier molecular flexibility index (Phi) is 5.64. The second-order valence-electron chi connectivity index (χ2n) is 7.40. The van der Waals surface area contributed by atoms with Gasteiger partial charge in [0.05, 0.1) is 0 Å². The zero-order valence-electron chi connectivity index (χ0n) is 15.9. The molecule has 0 radical (unpaired) electrons. The fourth-order valence-corrected chi connectivity index (χ4v) is 4.76. The van der Waals surface area contributed by atoms with Gasteiger partial charge >= 0.3 is 0 Å². The fraction of sp³-hybridized carbons (Fsp3) is 0.381. The summed E-state index contributed by atoms with van der Waals surface area (Å²) in [4.78, 5) is 32.4. The lowest BCUT2D eigenvalue weighted by Gasteiger charge is -2.44. The lowest BCUT2D eigenvalue weighted by molar-refractivity contribution is -0.114. The Hall–Kier alpha value is -2.38. The van der Waals surface area contributed by atoms with Gasteiger partial charge in [-0.1, -0.05) is 11.8 Å². The predicted octanol–water partition coefficient (Wildman–Crippen LogP) is 3.02. The van der Waals surface area contributed by atoms with Crippen LogP contribution in [0, 0.1) is 5.92 Å². The first-order valence-corrected chi connectivity index (χ1v) is 10.4. The molecule has 3 fully saturated rings. The first kappa shape index (κ1) is 19.0. The number of anilines is 1.